The number of imide groups is 1. The van der Waals surface area contributed by atoms with Crippen molar-refractivity contribution in [3.63, 3.8) is 0 Å². The lowest BCUT2D eigenvalue weighted by Gasteiger charge is -2.44. The van der Waals surface area contributed by atoms with Gasteiger partial charge in [-0.1, -0.05) is 56.6 Å². The minimum Gasteiger partial charge on any atom is -0.390 e. The van der Waals surface area contributed by atoms with Crippen LogP contribution in [0.3, 0.4) is 0 Å². The van der Waals surface area contributed by atoms with Crippen molar-refractivity contribution in [2.24, 2.45) is 23.2 Å². The third-order valence-corrected chi connectivity index (χ3v) is 12.8. The van der Waals surface area contributed by atoms with Crippen molar-refractivity contribution in [1.29, 1.82) is 0 Å². The number of hydrogen-bond acceptors (Lipinski definition) is 8. The Hall–Kier alpha value is -2.73. The molecule has 3 unspecified atom stereocenters. The van der Waals surface area contributed by atoms with E-state index in [1.54, 1.807) is 26.3 Å². The molecule has 10 nitrogen and oxygen atoms in total. The predicted molar refractivity (Wildman–Crippen MR) is 225 cm³/mol. The molecule has 4 amide bonds. The molecule has 6 atom stereocenters. The Kier molecular flexibility index (Phi) is 16.3. The van der Waals surface area contributed by atoms with Gasteiger partial charge < -0.3 is 25.2 Å². The molecule has 4 rings (SSSR count). The van der Waals surface area contributed by atoms with Gasteiger partial charge in [0.15, 0.2) is 0 Å². The van der Waals surface area contributed by atoms with Gasteiger partial charge in [0, 0.05) is 38.3 Å². The highest BCUT2D eigenvalue weighted by Gasteiger charge is 2.50. The van der Waals surface area contributed by atoms with Crippen molar-refractivity contribution >= 4 is 36.3 Å². The summed E-state index contributed by atoms with van der Waals surface area (Å²) in [5.41, 5.74) is 3.14. The van der Waals surface area contributed by atoms with Crippen molar-refractivity contribution in [3.05, 3.63) is 47.6 Å². The zero-order valence-electron chi connectivity index (χ0n) is 35.3. The normalized spacial score (nSPS) is 27.5. The van der Waals surface area contributed by atoms with Crippen molar-refractivity contribution in [2.75, 3.05) is 26.3 Å². The lowest BCUT2D eigenvalue weighted by molar-refractivity contribution is -0.137. The average molecular weight is 798 g/mol. The maximum atomic E-state index is 12.7. The summed E-state index contributed by atoms with van der Waals surface area (Å²) in [7, 11) is 0. The second-order valence-electron chi connectivity index (χ2n) is 18.7. The van der Waals surface area contributed by atoms with E-state index >= 15 is 0 Å². The molecule has 0 aromatic rings. The van der Waals surface area contributed by atoms with Crippen LogP contribution in [0.15, 0.2) is 47.6 Å². The van der Waals surface area contributed by atoms with Crippen molar-refractivity contribution in [2.45, 2.75) is 161 Å². The monoisotopic (exact) mass is 798 g/mol. The van der Waals surface area contributed by atoms with Crippen LogP contribution in [0.5, 0.6) is 0 Å². The Bertz CT molecular complexity index is 1510. The van der Waals surface area contributed by atoms with Gasteiger partial charge in [-0.05, 0) is 128 Å². The molecule has 3 fully saturated rings. The summed E-state index contributed by atoms with van der Waals surface area (Å²) in [5, 5.41) is 16.0. The molecule has 1 heterocycles. The average Bonchev–Trinajstić information content (AvgIpc) is 3.62. The summed E-state index contributed by atoms with van der Waals surface area (Å²) >= 11 is 4.57. The largest absolute Gasteiger partial charge is 0.390 e. The number of aliphatic hydroxyl groups is 1. The van der Waals surface area contributed by atoms with E-state index in [0.717, 1.165) is 42.9 Å². The van der Waals surface area contributed by atoms with E-state index in [9.17, 15) is 24.3 Å². The third-order valence-electron chi connectivity index (χ3n) is 12.5. The summed E-state index contributed by atoms with van der Waals surface area (Å²) in [4.78, 5) is 48.6. The number of rotatable bonds is 20. The molecule has 0 saturated heterocycles. The fraction of sp³-hybridized carbons (Fsp3) is 0.733. The topological polar surface area (TPSA) is 134 Å². The highest BCUT2D eigenvalue weighted by atomic mass is 32.1. The van der Waals surface area contributed by atoms with Crippen LogP contribution in [0.4, 0.5) is 0 Å². The van der Waals surface area contributed by atoms with Crippen LogP contribution in [0.2, 0.25) is 0 Å². The number of ether oxygens (including phenoxy) is 2. The number of nitrogens with one attached hydrogen (secondary N) is 2. The van der Waals surface area contributed by atoms with Gasteiger partial charge >= 0.3 is 0 Å². The second kappa shape index (κ2) is 19.8. The number of thiol groups is 1. The summed E-state index contributed by atoms with van der Waals surface area (Å²) < 4.78 is 12.2. The van der Waals surface area contributed by atoms with Gasteiger partial charge in [0.1, 0.15) is 4.93 Å². The number of fused-ring (bicyclic) bond motifs is 1. The standard InChI is InChI=1S/C45H71N3O7S/c1-31-14-17-35(28-34(31)16-15-33-13-10-24-44(7)36(18-19-37(33)44)32(2)12-9-23-43(5,6)53)54-27-11-25-46-39(50)29-45(8,56)55-30-42(3,4)47-38(49)22-26-48-40(51)20-21-41(48)52/h15-16,20-21,32,35-37,53,56H,1,9-14,17-19,22-30H2,2-8H3,(H,46,50)(H,47,49)/b33-15+,34-16-/t32-,35+,36?,37?,44-,45?/m1/s1. The minimum atomic E-state index is -1.06. The van der Waals surface area contributed by atoms with Crippen LogP contribution >= 0.6 is 12.6 Å². The Morgan fingerprint density at radius 2 is 1.79 bits per heavy atom. The van der Waals surface area contributed by atoms with Crippen molar-refractivity contribution in [1.82, 2.24) is 15.5 Å². The number of carbonyl (C=O) groups is 4. The molecule has 56 heavy (non-hydrogen) atoms. The molecule has 1 aliphatic heterocycles. The van der Waals surface area contributed by atoms with E-state index in [1.165, 1.54) is 61.8 Å². The van der Waals surface area contributed by atoms with E-state index in [0.29, 0.717) is 36.8 Å². The summed E-state index contributed by atoms with van der Waals surface area (Å²) in [6.07, 6.45) is 20.2. The molecule has 4 aliphatic rings. The fourth-order valence-electron chi connectivity index (χ4n) is 9.43. The quantitative estimate of drug-likeness (QED) is 0.0434. The lowest BCUT2D eigenvalue weighted by atomic mass is 9.60. The molecule has 3 N–H and O–H groups in total. The molecular weight excluding hydrogens is 727 g/mol. The summed E-state index contributed by atoms with van der Waals surface area (Å²) in [6, 6.07) is 0. The molecule has 3 saturated carbocycles. The number of hydrogen-bond donors (Lipinski definition) is 4. The SMILES string of the molecule is C=C1CC[C@H](OCCCNC(=O)CC(C)(S)OCC(C)(C)NC(=O)CCN2C(=O)C=CC2=O)C/C1=C/C=C1\CCC[C@@]2(C)C1CCC2[C@H](C)CCCC(C)(C)O. The van der Waals surface area contributed by atoms with E-state index in [2.05, 4.69) is 55.8 Å². The number of carbonyl (C=O) groups excluding carboxylic acids is 4. The Morgan fingerprint density at radius 1 is 1.07 bits per heavy atom. The van der Waals surface area contributed by atoms with Gasteiger partial charge in [0.2, 0.25) is 11.8 Å². The minimum absolute atomic E-state index is 0.00366. The molecule has 0 bridgehead atoms. The lowest BCUT2D eigenvalue weighted by Crippen LogP contribution is -2.49. The first-order valence-electron chi connectivity index (χ1n) is 21.1. The van der Waals surface area contributed by atoms with Gasteiger partial charge in [0.25, 0.3) is 11.8 Å². The molecule has 0 spiro atoms. The van der Waals surface area contributed by atoms with Crippen LogP contribution in [-0.2, 0) is 28.7 Å². The van der Waals surface area contributed by atoms with E-state index in [1.807, 2.05) is 13.8 Å². The van der Waals surface area contributed by atoms with Crippen LogP contribution in [0, 0.1) is 23.2 Å². The first kappa shape index (κ1) is 46.0. The molecular formula is C45H71N3O7S. The number of allylic oxidation sites excluding steroid dienone is 4. The summed E-state index contributed by atoms with van der Waals surface area (Å²) in [5.74, 6) is 0.727. The zero-order valence-corrected chi connectivity index (χ0v) is 36.2. The Morgan fingerprint density at radius 3 is 2.48 bits per heavy atom. The van der Waals surface area contributed by atoms with Crippen molar-refractivity contribution < 1.29 is 33.8 Å². The molecule has 0 aromatic carbocycles. The Labute approximate surface area is 342 Å². The fourth-order valence-corrected chi connectivity index (χ4v) is 9.64. The molecule has 0 aromatic heterocycles. The van der Waals surface area contributed by atoms with Gasteiger partial charge in [-0.2, -0.15) is 0 Å². The van der Waals surface area contributed by atoms with Crippen LogP contribution < -0.4 is 10.6 Å². The molecule has 3 aliphatic carbocycles. The molecule has 0 radical (unpaired) electrons. The highest BCUT2D eigenvalue weighted by molar-refractivity contribution is 7.81. The van der Waals surface area contributed by atoms with Gasteiger partial charge in [-0.15, -0.1) is 12.6 Å². The summed E-state index contributed by atoms with van der Waals surface area (Å²) in [6.45, 7) is 19.7. The zero-order chi connectivity index (χ0) is 41.3. The van der Waals surface area contributed by atoms with Gasteiger partial charge in [-0.3, -0.25) is 24.1 Å². The third kappa shape index (κ3) is 13.7. The van der Waals surface area contributed by atoms with Gasteiger partial charge in [0.05, 0.1) is 30.3 Å². The highest BCUT2D eigenvalue weighted by Crippen LogP contribution is 2.60. The maximum absolute atomic E-state index is 12.7. The van der Waals surface area contributed by atoms with E-state index < -0.39 is 27.9 Å². The van der Waals surface area contributed by atoms with Crippen LogP contribution in [0.1, 0.15) is 138 Å². The second-order valence-corrected chi connectivity index (χ2v) is 19.7. The smallest absolute Gasteiger partial charge is 0.253 e. The van der Waals surface area contributed by atoms with Crippen molar-refractivity contribution in [3.8, 4) is 0 Å². The maximum Gasteiger partial charge on any atom is 0.253 e. The van der Waals surface area contributed by atoms with Crippen LogP contribution in [-0.4, -0.2) is 82.1 Å². The Balaban J connectivity index is 1.15. The molecule has 11 heteroatoms. The van der Waals surface area contributed by atoms with Crippen LogP contribution in [0.25, 0.3) is 0 Å². The first-order valence-corrected chi connectivity index (χ1v) is 21.5. The number of amides is 4. The van der Waals surface area contributed by atoms with E-state index in [-0.39, 0.29) is 43.9 Å². The predicted octanol–water partition coefficient (Wildman–Crippen LogP) is 7.53. The molecule has 314 valence electrons. The first-order chi connectivity index (χ1) is 26.2. The number of nitrogens with zero attached hydrogens (tertiary/aromatic N) is 1. The van der Waals surface area contributed by atoms with Gasteiger partial charge in [-0.25, -0.2) is 0 Å². The van der Waals surface area contributed by atoms with E-state index in [4.69, 9.17) is 9.47 Å².